The number of carbonyl (C=O) groups excluding carboxylic acids is 1. The van der Waals surface area contributed by atoms with Crippen LogP contribution < -0.4 is 0 Å². The maximum atomic E-state index is 11.3. The van der Waals surface area contributed by atoms with E-state index < -0.39 is 0 Å². The molecule has 0 aliphatic carbocycles. The third-order valence-corrected chi connectivity index (χ3v) is 3.67. The molecule has 0 radical (unpaired) electrons. The van der Waals surface area contributed by atoms with Crippen LogP contribution >= 0.6 is 0 Å². The van der Waals surface area contributed by atoms with Crippen molar-refractivity contribution in [1.29, 1.82) is 5.26 Å². The van der Waals surface area contributed by atoms with Gasteiger partial charge in [-0.25, -0.2) is 0 Å². The number of ketones is 1. The summed E-state index contributed by atoms with van der Waals surface area (Å²) < 4.78 is 0. The molecule has 20 heavy (non-hydrogen) atoms. The van der Waals surface area contributed by atoms with Gasteiger partial charge in [-0.05, 0) is 38.8 Å². The Morgan fingerprint density at radius 3 is 2.20 bits per heavy atom. The highest BCUT2D eigenvalue weighted by atomic mass is 16.1. The molecule has 0 saturated heterocycles. The zero-order chi connectivity index (χ0) is 14.9. The minimum absolute atomic E-state index is 0.0290. The van der Waals surface area contributed by atoms with E-state index >= 15 is 0 Å². The molecule has 0 N–H and O–H groups in total. The van der Waals surface area contributed by atoms with Crippen LogP contribution in [0.15, 0.2) is 24.3 Å². The highest BCUT2D eigenvalue weighted by molar-refractivity contribution is 5.94. The van der Waals surface area contributed by atoms with E-state index in [9.17, 15) is 10.1 Å². The van der Waals surface area contributed by atoms with Crippen molar-refractivity contribution >= 4 is 5.78 Å². The van der Waals surface area contributed by atoms with E-state index in [1.807, 2.05) is 32.9 Å². The number of rotatable bonds is 2. The van der Waals surface area contributed by atoms with Crippen molar-refractivity contribution in [2.75, 3.05) is 0 Å². The van der Waals surface area contributed by atoms with Gasteiger partial charge in [0.2, 0.25) is 0 Å². The molecule has 3 heteroatoms. The molecule has 0 amide bonds. The Labute approximate surface area is 118 Å². The molecule has 0 bridgehead atoms. The monoisotopic (exact) mass is 264 g/mol. The van der Waals surface area contributed by atoms with Gasteiger partial charge in [0.05, 0.1) is 11.3 Å². The molecule has 0 spiro atoms. The van der Waals surface area contributed by atoms with Crippen molar-refractivity contribution in [3.05, 3.63) is 52.2 Å². The fourth-order valence-corrected chi connectivity index (χ4v) is 2.15. The first-order chi connectivity index (χ1) is 9.45. The van der Waals surface area contributed by atoms with E-state index in [2.05, 4.69) is 11.1 Å². The predicted octanol–water partition coefficient (Wildman–Crippen LogP) is 3.75. The zero-order valence-electron chi connectivity index (χ0n) is 12.1. The van der Waals surface area contributed by atoms with Gasteiger partial charge in [0.15, 0.2) is 5.78 Å². The molecule has 1 aromatic carbocycles. The van der Waals surface area contributed by atoms with Gasteiger partial charge in [0, 0.05) is 16.8 Å². The first-order valence-electron chi connectivity index (χ1n) is 6.45. The van der Waals surface area contributed by atoms with Gasteiger partial charge in [-0.15, -0.1) is 0 Å². The van der Waals surface area contributed by atoms with Gasteiger partial charge >= 0.3 is 0 Å². The Morgan fingerprint density at radius 1 is 1.10 bits per heavy atom. The number of aryl methyl sites for hydroxylation is 1. The molecule has 2 aromatic rings. The Morgan fingerprint density at radius 2 is 1.70 bits per heavy atom. The number of aromatic nitrogens is 1. The third kappa shape index (κ3) is 2.33. The fourth-order valence-electron chi connectivity index (χ4n) is 2.15. The molecular weight excluding hydrogens is 248 g/mol. The number of nitrogens with zero attached hydrogens (tertiary/aromatic N) is 2. The lowest BCUT2D eigenvalue weighted by Gasteiger charge is -2.11. The maximum absolute atomic E-state index is 11.3. The second-order valence-corrected chi connectivity index (χ2v) is 4.92. The number of hydrogen-bond donors (Lipinski definition) is 0. The Bertz CT molecular complexity index is 722. The van der Waals surface area contributed by atoms with Gasteiger partial charge < -0.3 is 0 Å². The van der Waals surface area contributed by atoms with Gasteiger partial charge in [-0.2, -0.15) is 5.26 Å². The standard InChI is InChI=1S/C17H16N2O/c1-10-11(2)16(9-18)17(19-12(10)3)15-7-5-14(6-8-15)13(4)20/h5-8H,1-4H3. The average molecular weight is 264 g/mol. The van der Waals surface area contributed by atoms with E-state index in [1.54, 1.807) is 12.1 Å². The number of benzene rings is 1. The van der Waals surface area contributed by atoms with E-state index in [-0.39, 0.29) is 5.78 Å². The lowest BCUT2D eigenvalue weighted by Crippen LogP contribution is -2.00. The normalized spacial score (nSPS) is 10.2. The van der Waals surface area contributed by atoms with Crippen LogP contribution in [0.1, 0.15) is 39.7 Å². The molecule has 1 heterocycles. The lowest BCUT2D eigenvalue weighted by molar-refractivity contribution is 0.101. The predicted molar refractivity (Wildman–Crippen MR) is 78.6 cm³/mol. The van der Waals surface area contributed by atoms with Crippen LogP contribution in [-0.2, 0) is 0 Å². The number of pyridine rings is 1. The van der Waals surface area contributed by atoms with Gasteiger partial charge in [-0.1, -0.05) is 24.3 Å². The summed E-state index contributed by atoms with van der Waals surface area (Å²) in [5, 5.41) is 9.37. The second kappa shape index (κ2) is 5.26. The third-order valence-electron chi connectivity index (χ3n) is 3.67. The molecule has 0 atom stereocenters. The molecule has 0 unspecified atom stereocenters. The second-order valence-electron chi connectivity index (χ2n) is 4.92. The zero-order valence-corrected chi connectivity index (χ0v) is 12.1. The number of nitriles is 1. The van der Waals surface area contributed by atoms with Crippen LogP contribution in [0.3, 0.4) is 0 Å². The summed E-state index contributed by atoms with van der Waals surface area (Å²) in [7, 11) is 0. The summed E-state index contributed by atoms with van der Waals surface area (Å²) in [6.45, 7) is 7.39. The SMILES string of the molecule is CC(=O)c1ccc(-c2nc(C)c(C)c(C)c2C#N)cc1. The summed E-state index contributed by atoms with van der Waals surface area (Å²) in [5.74, 6) is 0.0290. The topological polar surface area (TPSA) is 53.8 Å². The number of Topliss-reactive ketones (excluding diaryl/α,β-unsaturated/α-hetero) is 1. The molecule has 0 saturated carbocycles. The van der Waals surface area contributed by atoms with Crippen molar-refractivity contribution < 1.29 is 4.79 Å². The molecule has 0 aliphatic heterocycles. The van der Waals surface area contributed by atoms with Crippen LogP contribution in [0.5, 0.6) is 0 Å². The molecule has 3 nitrogen and oxygen atoms in total. The minimum atomic E-state index is 0.0290. The van der Waals surface area contributed by atoms with Gasteiger partial charge in [0.25, 0.3) is 0 Å². The fraction of sp³-hybridized carbons (Fsp3) is 0.235. The van der Waals surface area contributed by atoms with Crippen molar-refractivity contribution in [2.45, 2.75) is 27.7 Å². The Kier molecular flexibility index (Phi) is 3.67. The van der Waals surface area contributed by atoms with E-state index in [1.165, 1.54) is 6.92 Å². The lowest BCUT2D eigenvalue weighted by atomic mass is 9.97. The summed E-state index contributed by atoms with van der Waals surface area (Å²) in [6, 6.07) is 9.46. The maximum Gasteiger partial charge on any atom is 0.159 e. The van der Waals surface area contributed by atoms with Crippen molar-refractivity contribution in [3.8, 4) is 17.3 Å². The number of hydrogen-bond acceptors (Lipinski definition) is 3. The Hall–Kier alpha value is -2.47. The van der Waals surface area contributed by atoms with Crippen molar-refractivity contribution in [1.82, 2.24) is 4.98 Å². The highest BCUT2D eigenvalue weighted by Crippen LogP contribution is 2.27. The summed E-state index contributed by atoms with van der Waals surface area (Å²) in [5.41, 5.74) is 5.74. The average Bonchev–Trinajstić information content (AvgIpc) is 2.44. The van der Waals surface area contributed by atoms with Crippen LogP contribution in [0.2, 0.25) is 0 Å². The van der Waals surface area contributed by atoms with Crippen molar-refractivity contribution in [2.24, 2.45) is 0 Å². The summed E-state index contributed by atoms with van der Waals surface area (Å²) in [6.07, 6.45) is 0. The molecule has 0 fully saturated rings. The number of carbonyl (C=O) groups is 1. The van der Waals surface area contributed by atoms with Gasteiger partial charge in [0.1, 0.15) is 6.07 Å². The molecule has 1 aromatic heterocycles. The van der Waals surface area contributed by atoms with Gasteiger partial charge in [-0.3, -0.25) is 9.78 Å². The molecule has 2 rings (SSSR count). The first kappa shape index (κ1) is 14.0. The highest BCUT2D eigenvalue weighted by Gasteiger charge is 2.14. The summed E-state index contributed by atoms with van der Waals surface area (Å²) >= 11 is 0. The minimum Gasteiger partial charge on any atom is -0.295 e. The largest absolute Gasteiger partial charge is 0.295 e. The van der Waals surface area contributed by atoms with Crippen LogP contribution in [0.4, 0.5) is 0 Å². The molecular formula is C17H16N2O. The molecule has 0 aliphatic rings. The van der Waals surface area contributed by atoms with Crippen LogP contribution in [0.25, 0.3) is 11.3 Å². The first-order valence-corrected chi connectivity index (χ1v) is 6.45. The van der Waals surface area contributed by atoms with Crippen LogP contribution in [-0.4, -0.2) is 10.8 Å². The van der Waals surface area contributed by atoms with E-state index in [0.29, 0.717) is 16.8 Å². The van der Waals surface area contributed by atoms with Crippen molar-refractivity contribution in [3.63, 3.8) is 0 Å². The Balaban J connectivity index is 2.64. The quantitative estimate of drug-likeness (QED) is 0.776. The van der Waals surface area contributed by atoms with E-state index in [0.717, 1.165) is 22.4 Å². The van der Waals surface area contributed by atoms with Crippen LogP contribution in [0, 0.1) is 32.1 Å². The van der Waals surface area contributed by atoms with E-state index in [4.69, 9.17) is 0 Å². The summed E-state index contributed by atoms with van der Waals surface area (Å²) in [4.78, 5) is 15.8. The molecule has 100 valence electrons. The smallest absolute Gasteiger partial charge is 0.159 e.